The first-order chi connectivity index (χ1) is 6.95. The van der Waals surface area contributed by atoms with Crippen LogP contribution >= 0.6 is 11.8 Å². The van der Waals surface area contributed by atoms with Crippen molar-refractivity contribution >= 4 is 22.5 Å². The Morgan fingerprint density at radius 3 is 2.93 bits per heavy atom. The average molecular weight is 200 g/mol. The van der Waals surface area contributed by atoms with Gasteiger partial charge in [0.2, 0.25) is 0 Å². The number of benzene rings is 2. The number of hydrogen-bond donors (Lipinski definition) is 0. The van der Waals surface area contributed by atoms with E-state index >= 15 is 0 Å². The Labute approximate surface area is 88.3 Å². The maximum atomic E-state index is 2.28. The molecular formula is C13H12S. The predicted octanol–water partition coefficient (Wildman–Crippen LogP) is 3.88. The van der Waals surface area contributed by atoms with Gasteiger partial charge in [0.15, 0.2) is 0 Å². The van der Waals surface area contributed by atoms with E-state index in [-0.39, 0.29) is 0 Å². The largest absolute Gasteiger partial charge is 0.126 e. The molecule has 0 aromatic heterocycles. The number of thioether (sulfide) groups is 1. The van der Waals surface area contributed by atoms with Gasteiger partial charge in [-0.15, -0.1) is 11.8 Å². The quantitative estimate of drug-likeness (QED) is 0.622. The van der Waals surface area contributed by atoms with Gasteiger partial charge in [-0.05, 0) is 41.0 Å². The monoisotopic (exact) mass is 200 g/mol. The molecule has 0 bridgehead atoms. The maximum absolute atomic E-state index is 2.28. The molecule has 2 aromatic carbocycles. The SMILES string of the molecule is c1ccc2c3c(ccc2c1)SCCC3. The fourth-order valence-electron chi connectivity index (χ4n) is 2.14. The molecule has 1 aliphatic heterocycles. The highest BCUT2D eigenvalue weighted by Crippen LogP contribution is 2.34. The highest BCUT2D eigenvalue weighted by Gasteiger charge is 2.11. The maximum Gasteiger partial charge on any atom is 0.0110 e. The fourth-order valence-corrected chi connectivity index (χ4v) is 3.20. The highest BCUT2D eigenvalue weighted by molar-refractivity contribution is 7.99. The Morgan fingerprint density at radius 1 is 1.00 bits per heavy atom. The summed E-state index contributed by atoms with van der Waals surface area (Å²) >= 11 is 2.00. The van der Waals surface area contributed by atoms with Crippen LogP contribution in [0, 0.1) is 0 Å². The van der Waals surface area contributed by atoms with Crippen molar-refractivity contribution in [1.29, 1.82) is 0 Å². The van der Waals surface area contributed by atoms with E-state index in [1.807, 2.05) is 11.8 Å². The number of fused-ring (bicyclic) bond motifs is 3. The molecule has 0 N–H and O–H groups in total. The van der Waals surface area contributed by atoms with Crippen LogP contribution in [0.5, 0.6) is 0 Å². The lowest BCUT2D eigenvalue weighted by molar-refractivity contribution is 0.900. The molecule has 3 rings (SSSR count). The van der Waals surface area contributed by atoms with Gasteiger partial charge in [0.25, 0.3) is 0 Å². The molecule has 0 nitrogen and oxygen atoms in total. The van der Waals surface area contributed by atoms with Gasteiger partial charge >= 0.3 is 0 Å². The highest BCUT2D eigenvalue weighted by atomic mass is 32.2. The van der Waals surface area contributed by atoms with Crippen molar-refractivity contribution < 1.29 is 0 Å². The molecule has 0 saturated heterocycles. The van der Waals surface area contributed by atoms with Crippen molar-refractivity contribution in [2.24, 2.45) is 0 Å². The lowest BCUT2D eigenvalue weighted by atomic mass is 10.0. The molecule has 1 heteroatoms. The summed E-state index contributed by atoms with van der Waals surface area (Å²) in [5.74, 6) is 1.28. The molecule has 0 fully saturated rings. The van der Waals surface area contributed by atoms with E-state index in [4.69, 9.17) is 0 Å². The average Bonchev–Trinajstić information content (AvgIpc) is 2.29. The first kappa shape index (κ1) is 8.37. The zero-order chi connectivity index (χ0) is 9.38. The second-order valence-electron chi connectivity index (χ2n) is 3.72. The second kappa shape index (κ2) is 3.32. The van der Waals surface area contributed by atoms with Crippen molar-refractivity contribution in [3.63, 3.8) is 0 Å². The van der Waals surface area contributed by atoms with Crippen molar-refractivity contribution in [2.75, 3.05) is 5.75 Å². The molecule has 0 atom stereocenters. The van der Waals surface area contributed by atoms with E-state index in [0.717, 1.165) is 0 Å². The summed E-state index contributed by atoms with van der Waals surface area (Å²) in [4.78, 5) is 1.50. The summed E-state index contributed by atoms with van der Waals surface area (Å²) in [6.07, 6.45) is 2.58. The van der Waals surface area contributed by atoms with Crippen LogP contribution in [-0.2, 0) is 6.42 Å². The number of rotatable bonds is 0. The van der Waals surface area contributed by atoms with Crippen LogP contribution in [0.3, 0.4) is 0 Å². The molecule has 0 unspecified atom stereocenters. The van der Waals surface area contributed by atoms with Crippen LogP contribution in [0.1, 0.15) is 12.0 Å². The van der Waals surface area contributed by atoms with Gasteiger partial charge in [-0.2, -0.15) is 0 Å². The first-order valence-corrected chi connectivity index (χ1v) is 6.07. The third-order valence-electron chi connectivity index (χ3n) is 2.83. The third kappa shape index (κ3) is 1.24. The first-order valence-electron chi connectivity index (χ1n) is 5.08. The summed E-state index contributed by atoms with van der Waals surface area (Å²) in [6.45, 7) is 0. The van der Waals surface area contributed by atoms with Crippen molar-refractivity contribution in [3.05, 3.63) is 42.0 Å². The van der Waals surface area contributed by atoms with Crippen molar-refractivity contribution in [1.82, 2.24) is 0 Å². The van der Waals surface area contributed by atoms with E-state index < -0.39 is 0 Å². The van der Waals surface area contributed by atoms with Gasteiger partial charge in [0.1, 0.15) is 0 Å². The lowest BCUT2D eigenvalue weighted by Crippen LogP contribution is -1.98. The Hall–Kier alpha value is -0.950. The molecular weight excluding hydrogens is 188 g/mol. The smallest absolute Gasteiger partial charge is 0.0110 e. The van der Waals surface area contributed by atoms with Crippen LogP contribution < -0.4 is 0 Å². The van der Waals surface area contributed by atoms with Gasteiger partial charge in [-0.1, -0.05) is 30.3 Å². The Kier molecular flexibility index (Phi) is 1.98. The molecule has 0 aliphatic carbocycles. The second-order valence-corrected chi connectivity index (χ2v) is 4.85. The van der Waals surface area contributed by atoms with Crippen LogP contribution in [0.25, 0.3) is 10.8 Å². The van der Waals surface area contributed by atoms with Gasteiger partial charge in [-0.3, -0.25) is 0 Å². The van der Waals surface area contributed by atoms with E-state index in [1.165, 1.54) is 34.3 Å². The Bertz CT molecular complexity index is 474. The summed E-state index contributed by atoms with van der Waals surface area (Å²) in [5.41, 5.74) is 1.57. The summed E-state index contributed by atoms with van der Waals surface area (Å²) in [5, 5.41) is 2.84. The zero-order valence-corrected chi connectivity index (χ0v) is 8.81. The lowest BCUT2D eigenvalue weighted by Gasteiger charge is -2.17. The van der Waals surface area contributed by atoms with Crippen molar-refractivity contribution in [2.45, 2.75) is 17.7 Å². The van der Waals surface area contributed by atoms with Gasteiger partial charge in [-0.25, -0.2) is 0 Å². The van der Waals surface area contributed by atoms with Crippen molar-refractivity contribution in [3.8, 4) is 0 Å². The number of aryl methyl sites for hydroxylation is 1. The Morgan fingerprint density at radius 2 is 1.93 bits per heavy atom. The van der Waals surface area contributed by atoms with E-state index in [9.17, 15) is 0 Å². The van der Waals surface area contributed by atoms with Crippen LogP contribution in [0.2, 0.25) is 0 Å². The normalized spacial score (nSPS) is 15.4. The van der Waals surface area contributed by atoms with Gasteiger partial charge in [0.05, 0.1) is 0 Å². The van der Waals surface area contributed by atoms with E-state index in [1.54, 1.807) is 5.56 Å². The standard InChI is InChI=1S/C13H12S/c1-2-5-11-10(4-1)7-8-13-12(11)6-3-9-14-13/h1-2,4-5,7-8H,3,6,9H2. The molecule has 14 heavy (non-hydrogen) atoms. The Balaban J connectivity index is 2.34. The summed E-state index contributed by atoms with van der Waals surface area (Å²) in [7, 11) is 0. The molecule has 70 valence electrons. The molecule has 2 aromatic rings. The van der Waals surface area contributed by atoms with E-state index in [0.29, 0.717) is 0 Å². The van der Waals surface area contributed by atoms with Crippen LogP contribution in [-0.4, -0.2) is 5.75 Å². The number of hydrogen-bond acceptors (Lipinski definition) is 1. The molecule has 1 aliphatic rings. The minimum Gasteiger partial charge on any atom is -0.126 e. The van der Waals surface area contributed by atoms with E-state index in [2.05, 4.69) is 36.4 Å². The molecule has 0 radical (unpaired) electrons. The molecule has 0 saturated carbocycles. The third-order valence-corrected chi connectivity index (χ3v) is 4.01. The summed E-state index contributed by atoms with van der Waals surface area (Å²) < 4.78 is 0. The minimum atomic E-state index is 1.25. The zero-order valence-electron chi connectivity index (χ0n) is 7.99. The minimum absolute atomic E-state index is 1.25. The predicted molar refractivity (Wildman–Crippen MR) is 63.0 cm³/mol. The van der Waals surface area contributed by atoms with Gasteiger partial charge in [0, 0.05) is 4.90 Å². The topological polar surface area (TPSA) is 0 Å². The summed E-state index contributed by atoms with van der Waals surface area (Å²) in [6, 6.07) is 13.2. The van der Waals surface area contributed by atoms with Crippen LogP contribution in [0.4, 0.5) is 0 Å². The molecule has 0 spiro atoms. The van der Waals surface area contributed by atoms with Crippen LogP contribution in [0.15, 0.2) is 41.3 Å². The van der Waals surface area contributed by atoms with Gasteiger partial charge < -0.3 is 0 Å². The molecule has 0 amide bonds. The molecule has 1 heterocycles. The fraction of sp³-hybridized carbons (Fsp3) is 0.231.